The molecule has 0 aliphatic heterocycles. The van der Waals surface area contributed by atoms with Gasteiger partial charge in [0, 0.05) is 17.5 Å². The van der Waals surface area contributed by atoms with Crippen molar-refractivity contribution >= 4 is 11.8 Å². The molecule has 0 aromatic carbocycles. The van der Waals surface area contributed by atoms with Crippen LogP contribution in [0.5, 0.6) is 0 Å². The van der Waals surface area contributed by atoms with E-state index in [9.17, 15) is 14.8 Å². The van der Waals surface area contributed by atoms with Gasteiger partial charge in [0.15, 0.2) is 11.9 Å². The number of hydrogen-bond acceptors (Lipinski definition) is 5. The van der Waals surface area contributed by atoms with Gasteiger partial charge in [-0.15, -0.1) is 0 Å². The summed E-state index contributed by atoms with van der Waals surface area (Å²) >= 11 is 0. The summed E-state index contributed by atoms with van der Waals surface area (Å²) in [6.45, 7) is 5.80. The molecular weight excluding hydrogens is 384 g/mol. The molecule has 0 spiro atoms. The number of rotatable bonds is 5. The number of carbonyl (C=O) groups excluding carboxylic acids is 2. The van der Waals surface area contributed by atoms with Crippen molar-refractivity contribution in [2.24, 2.45) is 11.3 Å². The quantitative estimate of drug-likeness (QED) is 0.563. The molecule has 30 heavy (non-hydrogen) atoms. The first-order valence-corrected chi connectivity index (χ1v) is 10.5. The zero-order valence-electron chi connectivity index (χ0n) is 17.4. The summed E-state index contributed by atoms with van der Waals surface area (Å²) in [4.78, 5) is 30.3. The van der Waals surface area contributed by atoms with Crippen LogP contribution in [0.15, 0.2) is 18.6 Å². The third-order valence-electron chi connectivity index (χ3n) is 6.19. The third-order valence-corrected chi connectivity index (χ3v) is 6.19. The van der Waals surface area contributed by atoms with Crippen LogP contribution < -0.4 is 15.4 Å². The van der Waals surface area contributed by atoms with Crippen LogP contribution in [0.1, 0.15) is 67.7 Å². The predicted molar refractivity (Wildman–Crippen MR) is 107 cm³/mol. The molecule has 0 saturated heterocycles. The molecule has 3 aliphatic carbocycles. The number of amides is 2. The van der Waals surface area contributed by atoms with Gasteiger partial charge in [0.05, 0.1) is 11.9 Å². The zero-order valence-corrected chi connectivity index (χ0v) is 17.4. The van der Waals surface area contributed by atoms with Crippen LogP contribution in [-0.4, -0.2) is 38.7 Å². The van der Waals surface area contributed by atoms with Crippen LogP contribution in [0.4, 0.5) is 0 Å². The zero-order chi connectivity index (χ0) is 21.2. The summed E-state index contributed by atoms with van der Waals surface area (Å²) in [7, 11) is 0. The van der Waals surface area contributed by atoms with Crippen LogP contribution in [0, 0.1) is 16.5 Å². The first-order valence-electron chi connectivity index (χ1n) is 10.5. The van der Waals surface area contributed by atoms with E-state index in [4.69, 9.17) is 0 Å². The van der Waals surface area contributed by atoms with E-state index in [1.54, 1.807) is 4.68 Å². The Morgan fingerprint density at radius 2 is 2.10 bits per heavy atom. The second-order valence-corrected chi connectivity index (χ2v) is 9.76. The normalized spacial score (nSPS) is 22.8. The molecule has 3 atom stereocenters. The topological polar surface area (TPSA) is 116 Å². The van der Waals surface area contributed by atoms with Gasteiger partial charge in [0.2, 0.25) is 17.9 Å². The standard InChI is InChI=1S/C21H26N6O3/c1-21(2,3)18(20(29)23-12-4-5-12)24-19(28)16-14-9-11-8-13(11)17(14)27(25-16)15-10-26(30)7-6-22-15/h6-7,10-13,18H,4-5,8-9H2,1-3H3,(H,23,29)(H,24,28)/t11-,13-,18-/m1/s1. The number of nitrogens with one attached hydrogen (secondary N) is 2. The van der Waals surface area contributed by atoms with Crippen LogP contribution >= 0.6 is 0 Å². The summed E-state index contributed by atoms with van der Waals surface area (Å²) in [5.74, 6) is 0.759. The smallest absolute Gasteiger partial charge is 0.272 e. The van der Waals surface area contributed by atoms with Crippen LogP contribution in [0.3, 0.4) is 0 Å². The first-order chi connectivity index (χ1) is 14.2. The van der Waals surface area contributed by atoms with Crippen molar-refractivity contribution in [2.75, 3.05) is 0 Å². The lowest BCUT2D eigenvalue weighted by molar-refractivity contribution is -0.605. The number of fused-ring (bicyclic) bond motifs is 3. The van der Waals surface area contributed by atoms with Gasteiger partial charge in [-0.3, -0.25) is 9.59 Å². The van der Waals surface area contributed by atoms with E-state index in [1.165, 1.54) is 18.6 Å². The molecule has 9 heteroatoms. The molecular formula is C21H26N6O3. The molecule has 0 radical (unpaired) electrons. The Morgan fingerprint density at radius 1 is 1.33 bits per heavy atom. The van der Waals surface area contributed by atoms with Crippen molar-refractivity contribution in [1.82, 2.24) is 25.4 Å². The highest BCUT2D eigenvalue weighted by Crippen LogP contribution is 2.57. The summed E-state index contributed by atoms with van der Waals surface area (Å²) in [5, 5.41) is 22.2. The summed E-state index contributed by atoms with van der Waals surface area (Å²) in [6, 6.07) is -0.446. The highest BCUT2D eigenvalue weighted by atomic mass is 16.5. The minimum atomic E-state index is -0.666. The molecule has 2 heterocycles. The average Bonchev–Trinajstić information content (AvgIpc) is 3.56. The van der Waals surface area contributed by atoms with E-state index in [0.29, 0.717) is 28.1 Å². The highest BCUT2D eigenvalue weighted by Gasteiger charge is 2.50. The van der Waals surface area contributed by atoms with Gasteiger partial charge in [-0.05, 0) is 37.0 Å². The third kappa shape index (κ3) is 3.32. The van der Waals surface area contributed by atoms with Gasteiger partial charge in [-0.2, -0.15) is 9.83 Å². The van der Waals surface area contributed by atoms with Crippen molar-refractivity contribution in [3.63, 3.8) is 0 Å². The van der Waals surface area contributed by atoms with Gasteiger partial charge in [-0.25, -0.2) is 9.67 Å². The van der Waals surface area contributed by atoms with Crippen molar-refractivity contribution in [3.8, 4) is 5.82 Å². The molecule has 2 N–H and O–H groups in total. The molecule has 0 unspecified atom stereocenters. The monoisotopic (exact) mass is 410 g/mol. The summed E-state index contributed by atoms with van der Waals surface area (Å²) in [6.07, 6.45) is 7.92. The average molecular weight is 410 g/mol. The molecule has 9 nitrogen and oxygen atoms in total. The molecule has 0 bridgehead atoms. The second kappa shape index (κ2) is 6.52. The predicted octanol–water partition coefficient (Wildman–Crippen LogP) is 0.983. The Labute approximate surface area is 174 Å². The van der Waals surface area contributed by atoms with E-state index in [2.05, 4.69) is 20.7 Å². The van der Waals surface area contributed by atoms with Crippen LogP contribution in [0.2, 0.25) is 0 Å². The molecule has 2 aromatic rings. The SMILES string of the molecule is CC(C)(C)[C@H](NC(=O)c1nn(-c2c[n+]([O-])ccn2)c2c1C[C@H]1C[C@@H]21)C(=O)NC1CC1. The Bertz CT molecular complexity index is 1040. The van der Waals surface area contributed by atoms with E-state index in [1.807, 2.05) is 20.8 Å². The second-order valence-electron chi connectivity index (χ2n) is 9.76. The molecule has 2 aromatic heterocycles. The Hall–Kier alpha value is -2.97. The molecule has 5 rings (SSSR count). The summed E-state index contributed by atoms with van der Waals surface area (Å²) < 4.78 is 2.31. The van der Waals surface area contributed by atoms with Gasteiger partial charge in [0.1, 0.15) is 6.04 Å². The minimum Gasteiger partial charge on any atom is -0.619 e. The van der Waals surface area contributed by atoms with Gasteiger partial charge in [0.25, 0.3) is 5.91 Å². The van der Waals surface area contributed by atoms with Gasteiger partial charge in [-0.1, -0.05) is 20.8 Å². The molecule has 2 fully saturated rings. The van der Waals surface area contributed by atoms with Crippen molar-refractivity contribution in [1.29, 1.82) is 0 Å². The Balaban J connectivity index is 1.46. The first kappa shape index (κ1) is 19.0. The van der Waals surface area contributed by atoms with E-state index in [0.717, 1.165) is 36.9 Å². The van der Waals surface area contributed by atoms with Crippen LogP contribution in [0.25, 0.3) is 5.82 Å². The lowest BCUT2D eigenvalue weighted by Gasteiger charge is -2.30. The maximum absolute atomic E-state index is 13.2. The van der Waals surface area contributed by atoms with Crippen LogP contribution in [-0.2, 0) is 11.2 Å². The number of nitrogens with zero attached hydrogens (tertiary/aromatic N) is 4. The number of hydrogen-bond donors (Lipinski definition) is 2. The highest BCUT2D eigenvalue weighted by molar-refractivity contribution is 5.98. The molecule has 2 amide bonds. The lowest BCUT2D eigenvalue weighted by Crippen LogP contribution is -2.54. The van der Waals surface area contributed by atoms with E-state index < -0.39 is 11.5 Å². The minimum absolute atomic E-state index is 0.158. The maximum atomic E-state index is 13.2. The van der Waals surface area contributed by atoms with Crippen molar-refractivity contribution in [3.05, 3.63) is 40.7 Å². The largest absolute Gasteiger partial charge is 0.619 e. The molecule has 3 aliphatic rings. The molecule has 158 valence electrons. The fourth-order valence-electron chi connectivity index (χ4n) is 4.33. The van der Waals surface area contributed by atoms with E-state index in [-0.39, 0.29) is 17.9 Å². The van der Waals surface area contributed by atoms with Crippen molar-refractivity contribution in [2.45, 2.75) is 64.5 Å². The molecule has 2 saturated carbocycles. The number of carbonyl (C=O) groups is 2. The van der Waals surface area contributed by atoms with Gasteiger partial charge < -0.3 is 15.8 Å². The summed E-state index contributed by atoms with van der Waals surface area (Å²) in [5.41, 5.74) is 1.76. The lowest BCUT2D eigenvalue weighted by atomic mass is 9.86. The maximum Gasteiger partial charge on any atom is 0.272 e. The Kier molecular flexibility index (Phi) is 4.13. The van der Waals surface area contributed by atoms with Crippen molar-refractivity contribution < 1.29 is 14.3 Å². The number of aromatic nitrogens is 4. The van der Waals surface area contributed by atoms with Gasteiger partial charge >= 0.3 is 0 Å². The Morgan fingerprint density at radius 3 is 2.77 bits per heavy atom. The fourth-order valence-corrected chi connectivity index (χ4v) is 4.33. The van der Waals surface area contributed by atoms with E-state index >= 15 is 0 Å². The fraction of sp³-hybridized carbons (Fsp3) is 0.571.